The molecule has 0 radical (unpaired) electrons. The van der Waals surface area contributed by atoms with Crippen molar-refractivity contribution in [1.29, 1.82) is 0 Å². The summed E-state index contributed by atoms with van der Waals surface area (Å²) in [5.41, 5.74) is 0.665. The Morgan fingerprint density at radius 3 is 2.57 bits per heavy atom. The highest BCUT2D eigenvalue weighted by molar-refractivity contribution is 5.67. The Kier molecular flexibility index (Phi) is 6.96. The van der Waals surface area contributed by atoms with E-state index in [0.717, 1.165) is 12.0 Å². The van der Waals surface area contributed by atoms with E-state index in [4.69, 9.17) is 9.47 Å². The number of alkyl carbamates (subject to hydrolysis) is 1. The molecule has 0 aromatic heterocycles. The molecule has 1 aromatic carbocycles. The van der Waals surface area contributed by atoms with Gasteiger partial charge in [0, 0.05) is 13.0 Å². The highest BCUT2D eigenvalue weighted by Crippen LogP contribution is 2.08. The third-order valence-electron chi connectivity index (χ3n) is 2.63. The Balaban J connectivity index is 2.50. The molecule has 1 amide bonds. The average molecular weight is 291 g/mol. The molecule has 0 saturated heterocycles. The monoisotopic (exact) mass is 291 g/mol. The van der Waals surface area contributed by atoms with Crippen LogP contribution in [0, 0.1) is 0 Å². The molecule has 1 rings (SSSR count). The van der Waals surface area contributed by atoms with Crippen LogP contribution in [-0.4, -0.2) is 30.9 Å². The highest BCUT2D eigenvalue weighted by Gasteiger charge is 2.17. The quantitative estimate of drug-likeness (QED) is 0.784. The summed E-state index contributed by atoms with van der Waals surface area (Å²) < 4.78 is 10.9. The number of hydrogen-bond acceptors (Lipinski definition) is 3. The molecule has 4 heteroatoms. The number of carbonyl (C=O) groups excluding carboxylic acids is 1. The molecule has 1 N–H and O–H groups in total. The van der Waals surface area contributed by atoms with E-state index in [-0.39, 0.29) is 6.10 Å². The summed E-state index contributed by atoms with van der Waals surface area (Å²) in [6.07, 6.45) is 1.89. The Bertz CT molecular complexity index is 437. The Morgan fingerprint density at radius 1 is 1.33 bits per heavy atom. The number of hydrogen-bond donors (Lipinski definition) is 1. The maximum Gasteiger partial charge on any atom is 0.407 e. The summed E-state index contributed by atoms with van der Waals surface area (Å²) in [4.78, 5) is 11.7. The van der Waals surface area contributed by atoms with E-state index in [1.807, 2.05) is 51.1 Å². The van der Waals surface area contributed by atoms with Crippen LogP contribution in [0.1, 0.15) is 26.3 Å². The third-order valence-corrected chi connectivity index (χ3v) is 2.63. The molecule has 0 spiro atoms. The number of rotatable bonds is 7. The van der Waals surface area contributed by atoms with Crippen molar-refractivity contribution in [2.24, 2.45) is 0 Å². The lowest BCUT2D eigenvalue weighted by molar-refractivity contribution is 0.0414. The van der Waals surface area contributed by atoms with Gasteiger partial charge in [-0.2, -0.15) is 0 Å². The predicted molar refractivity (Wildman–Crippen MR) is 84.3 cm³/mol. The first-order valence-corrected chi connectivity index (χ1v) is 7.14. The van der Waals surface area contributed by atoms with Crippen LogP contribution in [0.15, 0.2) is 43.0 Å². The van der Waals surface area contributed by atoms with Crippen LogP contribution in [0.5, 0.6) is 0 Å². The van der Waals surface area contributed by atoms with Gasteiger partial charge in [0.25, 0.3) is 0 Å². The van der Waals surface area contributed by atoms with Crippen molar-refractivity contribution in [3.05, 3.63) is 48.6 Å². The molecule has 0 aliphatic carbocycles. The largest absolute Gasteiger partial charge is 0.444 e. The first kappa shape index (κ1) is 17.2. The summed E-state index contributed by atoms with van der Waals surface area (Å²) >= 11 is 0. The maximum atomic E-state index is 11.7. The van der Waals surface area contributed by atoms with E-state index in [1.54, 1.807) is 6.08 Å². The van der Waals surface area contributed by atoms with Crippen molar-refractivity contribution in [2.75, 3.05) is 13.2 Å². The van der Waals surface area contributed by atoms with Crippen molar-refractivity contribution in [3.63, 3.8) is 0 Å². The van der Waals surface area contributed by atoms with Gasteiger partial charge >= 0.3 is 6.09 Å². The van der Waals surface area contributed by atoms with Crippen molar-refractivity contribution in [2.45, 2.75) is 38.9 Å². The molecule has 0 aliphatic heterocycles. The van der Waals surface area contributed by atoms with Gasteiger partial charge in [-0.15, -0.1) is 6.58 Å². The number of ether oxygens (including phenoxy) is 2. The molecule has 0 aliphatic rings. The first-order valence-electron chi connectivity index (χ1n) is 7.14. The van der Waals surface area contributed by atoms with Gasteiger partial charge in [0.15, 0.2) is 0 Å². The molecule has 0 unspecified atom stereocenters. The Hall–Kier alpha value is -1.81. The molecule has 0 saturated carbocycles. The molecule has 1 atom stereocenters. The molecule has 4 nitrogen and oxygen atoms in total. The van der Waals surface area contributed by atoms with Gasteiger partial charge in [0.05, 0.1) is 12.7 Å². The zero-order valence-corrected chi connectivity index (χ0v) is 13.1. The summed E-state index contributed by atoms with van der Waals surface area (Å²) in [5.74, 6) is 0. The normalized spacial score (nSPS) is 12.5. The predicted octanol–water partition coefficient (Wildman–Crippen LogP) is 3.33. The van der Waals surface area contributed by atoms with Gasteiger partial charge in [0.2, 0.25) is 0 Å². The van der Waals surface area contributed by atoms with Gasteiger partial charge in [-0.05, 0) is 26.3 Å². The van der Waals surface area contributed by atoms with Gasteiger partial charge in [-0.1, -0.05) is 36.4 Å². The third kappa shape index (κ3) is 8.15. The van der Waals surface area contributed by atoms with E-state index >= 15 is 0 Å². The first-order chi connectivity index (χ1) is 9.90. The second-order valence-corrected chi connectivity index (χ2v) is 5.82. The van der Waals surface area contributed by atoms with Crippen molar-refractivity contribution in [3.8, 4) is 0 Å². The van der Waals surface area contributed by atoms with Gasteiger partial charge in [-0.25, -0.2) is 4.79 Å². The number of carbonyl (C=O) groups is 1. The summed E-state index contributed by atoms with van der Waals surface area (Å²) in [5, 5.41) is 2.75. The average Bonchev–Trinajstić information content (AvgIpc) is 2.41. The summed E-state index contributed by atoms with van der Waals surface area (Å²) in [6.45, 7) is 10.0. The molecular weight excluding hydrogens is 266 g/mol. The van der Waals surface area contributed by atoms with Crippen LogP contribution in [0.25, 0.3) is 0 Å². The lowest BCUT2D eigenvalue weighted by Crippen LogP contribution is -2.38. The molecule has 0 bridgehead atoms. The minimum Gasteiger partial charge on any atom is -0.444 e. The minimum atomic E-state index is -0.499. The second-order valence-electron chi connectivity index (χ2n) is 5.82. The van der Waals surface area contributed by atoms with Crippen molar-refractivity contribution in [1.82, 2.24) is 5.32 Å². The fourth-order valence-electron chi connectivity index (χ4n) is 1.78. The second kappa shape index (κ2) is 8.47. The summed E-state index contributed by atoms with van der Waals surface area (Å²) in [7, 11) is 0. The van der Waals surface area contributed by atoms with E-state index in [2.05, 4.69) is 11.9 Å². The van der Waals surface area contributed by atoms with E-state index in [9.17, 15) is 4.79 Å². The zero-order valence-electron chi connectivity index (χ0n) is 13.1. The minimum absolute atomic E-state index is 0.113. The van der Waals surface area contributed by atoms with E-state index in [0.29, 0.717) is 13.2 Å². The SMILES string of the molecule is C=CCO[C@@H](CNC(=O)OC(C)(C)C)Cc1ccccc1. The van der Waals surface area contributed by atoms with E-state index in [1.165, 1.54) is 0 Å². The van der Waals surface area contributed by atoms with Crippen molar-refractivity contribution < 1.29 is 14.3 Å². The lowest BCUT2D eigenvalue weighted by Gasteiger charge is -2.22. The molecule has 0 heterocycles. The summed E-state index contributed by atoms with van der Waals surface area (Å²) in [6, 6.07) is 10.0. The van der Waals surface area contributed by atoms with Gasteiger partial charge in [0.1, 0.15) is 5.60 Å². The zero-order chi connectivity index (χ0) is 15.7. The number of amides is 1. The molecule has 21 heavy (non-hydrogen) atoms. The fourth-order valence-corrected chi connectivity index (χ4v) is 1.78. The highest BCUT2D eigenvalue weighted by atomic mass is 16.6. The standard InChI is InChI=1S/C17H25NO3/c1-5-11-20-15(12-14-9-7-6-8-10-14)13-18-16(19)21-17(2,3)4/h5-10,15H,1,11-13H2,2-4H3,(H,18,19)/t15-/m1/s1. The molecule has 116 valence electrons. The van der Waals surface area contributed by atoms with E-state index < -0.39 is 11.7 Å². The lowest BCUT2D eigenvalue weighted by atomic mass is 10.1. The molecular formula is C17H25NO3. The van der Waals surface area contributed by atoms with Crippen LogP contribution < -0.4 is 5.32 Å². The smallest absolute Gasteiger partial charge is 0.407 e. The molecule has 1 aromatic rings. The van der Waals surface area contributed by atoms with Gasteiger partial charge < -0.3 is 14.8 Å². The van der Waals surface area contributed by atoms with Crippen molar-refractivity contribution >= 4 is 6.09 Å². The fraction of sp³-hybridized carbons (Fsp3) is 0.471. The van der Waals surface area contributed by atoms with Crippen LogP contribution in [0.3, 0.4) is 0 Å². The van der Waals surface area contributed by atoms with Crippen LogP contribution in [0.4, 0.5) is 4.79 Å². The number of nitrogens with one attached hydrogen (secondary N) is 1. The topological polar surface area (TPSA) is 47.6 Å². The van der Waals surface area contributed by atoms with Gasteiger partial charge in [-0.3, -0.25) is 0 Å². The van der Waals surface area contributed by atoms with Crippen LogP contribution in [-0.2, 0) is 15.9 Å². The van der Waals surface area contributed by atoms with Crippen LogP contribution >= 0.6 is 0 Å². The number of benzene rings is 1. The maximum absolute atomic E-state index is 11.7. The Morgan fingerprint density at radius 2 is 2.00 bits per heavy atom. The molecule has 0 fully saturated rings. The Labute approximate surface area is 127 Å². The van der Waals surface area contributed by atoms with Crippen LogP contribution in [0.2, 0.25) is 0 Å².